The number of phenols is 1. The summed E-state index contributed by atoms with van der Waals surface area (Å²) in [5.74, 6) is 0.205. The second-order valence-electron chi connectivity index (χ2n) is 2.76. The molecule has 0 radical (unpaired) electrons. The molecule has 0 aliphatic carbocycles. The molecule has 1 N–H and O–H groups in total. The number of aromatic hydroxyl groups is 1. The van der Waals surface area contributed by atoms with Crippen molar-refractivity contribution in [3.8, 4) is 11.5 Å². The molecule has 0 aliphatic heterocycles. The Morgan fingerprint density at radius 2 is 1.38 bits per heavy atom. The predicted octanol–water partition coefficient (Wildman–Crippen LogP) is -0.190. The second-order valence-corrected chi connectivity index (χ2v) is 3.17. The Kier molecular flexibility index (Phi) is 8.12. The monoisotopic (exact) mass is 244 g/mol. The van der Waals surface area contributed by atoms with Crippen LogP contribution in [0.15, 0.2) is 54.6 Å². The topological polar surface area (TPSA) is 43.3 Å². The van der Waals surface area contributed by atoms with Gasteiger partial charge in [0.25, 0.3) is 0 Å². The number of hydrogen-bond donors (Lipinski definition) is 1. The fourth-order valence-electron chi connectivity index (χ4n) is 0.872. The van der Waals surface area contributed by atoms with E-state index in [1.165, 1.54) is 12.1 Å². The van der Waals surface area contributed by atoms with Gasteiger partial charge < -0.3 is 10.2 Å². The van der Waals surface area contributed by atoms with Crippen LogP contribution in [0.2, 0.25) is 5.02 Å². The minimum absolute atomic E-state index is 0. The first-order valence-corrected chi connectivity index (χ1v) is 4.73. The summed E-state index contributed by atoms with van der Waals surface area (Å²) in [7, 11) is 0. The van der Waals surface area contributed by atoms with Crippen molar-refractivity contribution in [3.63, 3.8) is 0 Å². The molecule has 0 atom stereocenters. The largest absolute Gasteiger partial charge is 1.00 e. The van der Waals surface area contributed by atoms with Crippen LogP contribution in [0, 0.1) is 0 Å². The van der Waals surface area contributed by atoms with E-state index in [2.05, 4.69) is 0 Å². The molecule has 0 bridgehead atoms. The Morgan fingerprint density at radius 1 is 0.875 bits per heavy atom. The molecule has 0 amide bonds. The molecular weight excluding hydrogens is 235 g/mol. The van der Waals surface area contributed by atoms with E-state index in [0.717, 1.165) is 0 Å². The van der Waals surface area contributed by atoms with Gasteiger partial charge in [0.1, 0.15) is 5.75 Å². The van der Waals surface area contributed by atoms with Gasteiger partial charge in [-0.2, -0.15) is 0 Å². The van der Waals surface area contributed by atoms with Crippen molar-refractivity contribution in [2.45, 2.75) is 0 Å². The molecule has 2 aromatic rings. The third kappa shape index (κ3) is 6.03. The van der Waals surface area contributed by atoms with E-state index in [9.17, 15) is 5.11 Å². The molecule has 0 saturated heterocycles. The molecule has 0 aromatic heterocycles. The van der Waals surface area contributed by atoms with Crippen molar-refractivity contribution in [2.75, 3.05) is 0 Å². The summed E-state index contributed by atoms with van der Waals surface area (Å²) < 4.78 is 0. The second kappa shape index (κ2) is 8.48. The van der Waals surface area contributed by atoms with Crippen LogP contribution in [0.5, 0.6) is 11.5 Å². The standard InChI is InChI=1S/C6H5ClO.C6H6O.Na/c7-5-3-1-2-4-6(5)8;7-6-4-2-1-3-5-6;/h1-4,8H;1-5,7H;/q;;+1/p-1. The Morgan fingerprint density at radius 3 is 1.69 bits per heavy atom. The maximum atomic E-state index is 10.3. The van der Waals surface area contributed by atoms with E-state index < -0.39 is 0 Å². The van der Waals surface area contributed by atoms with Gasteiger partial charge in [-0.05, 0) is 12.1 Å². The van der Waals surface area contributed by atoms with Gasteiger partial charge in [0.15, 0.2) is 0 Å². The van der Waals surface area contributed by atoms with Crippen LogP contribution < -0.4 is 34.7 Å². The first-order chi connectivity index (χ1) is 7.20. The zero-order chi connectivity index (χ0) is 11.1. The Bertz CT molecular complexity index is 386. The molecule has 0 fully saturated rings. The summed E-state index contributed by atoms with van der Waals surface area (Å²) in [6.45, 7) is 0. The van der Waals surface area contributed by atoms with Crippen LogP contribution in [0.1, 0.15) is 0 Å². The summed E-state index contributed by atoms with van der Waals surface area (Å²) in [6, 6.07) is 15.0. The van der Waals surface area contributed by atoms with Crippen molar-refractivity contribution in [1.82, 2.24) is 0 Å². The van der Waals surface area contributed by atoms with Gasteiger partial charge >= 0.3 is 29.6 Å². The Balaban J connectivity index is 0.000000267. The molecule has 4 heteroatoms. The summed E-state index contributed by atoms with van der Waals surface area (Å²) in [4.78, 5) is 0. The van der Waals surface area contributed by atoms with Gasteiger partial charge in [0.2, 0.25) is 0 Å². The van der Waals surface area contributed by atoms with E-state index >= 15 is 0 Å². The first-order valence-electron chi connectivity index (χ1n) is 4.35. The molecule has 16 heavy (non-hydrogen) atoms. The Hall–Kier alpha value is -0.670. The normalized spacial score (nSPS) is 8.31. The average Bonchev–Trinajstić information content (AvgIpc) is 2.25. The molecule has 78 valence electrons. The molecular formula is C12H10ClNaO2. The molecule has 2 nitrogen and oxygen atoms in total. The van der Waals surface area contributed by atoms with E-state index in [0.29, 0.717) is 5.02 Å². The van der Waals surface area contributed by atoms with Crippen molar-refractivity contribution in [3.05, 3.63) is 59.6 Å². The minimum Gasteiger partial charge on any atom is -0.872 e. The van der Waals surface area contributed by atoms with Crippen LogP contribution in [0.4, 0.5) is 0 Å². The third-order valence-corrected chi connectivity index (χ3v) is 1.92. The van der Waals surface area contributed by atoms with Crippen molar-refractivity contribution < 1.29 is 39.8 Å². The smallest absolute Gasteiger partial charge is 0.872 e. The van der Waals surface area contributed by atoms with Gasteiger partial charge in [0.05, 0.1) is 5.02 Å². The number of rotatable bonds is 0. The van der Waals surface area contributed by atoms with E-state index in [1.54, 1.807) is 36.4 Å². The van der Waals surface area contributed by atoms with Crippen LogP contribution in [-0.4, -0.2) is 5.11 Å². The summed E-state index contributed by atoms with van der Waals surface area (Å²) >= 11 is 5.46. The maximum Gasteiger partial charge on any atom is 1.00 e. The first kappa shape index (κ1) is 15.3. The van der Waals surface area contributed by atoms with E-state index in [4.69, 9.17) is 16.7 Å². The van der Waals surface area contributed by atoms with Crippen LogP contribution in [-0.2, 0) is 0 Å². The van der Waals surface area contributed by atoms with Crippen molar-refractivity contribution in [1.29, 1.82) is 0 Å². The van der Waals surface area contributed by atoms with Crippen molar-refractivity contribution >= 4 is 11.6 Å². The fourth-order valence-corrected chi connectivity index (χ4v) is 1.01. The number of benzene rings is 2. The molecule has 0 aliphatic rings. The summed E-state index contributed by atoms with van der Waals surface area (Å²) in [5.41, 5.74) is 0. The zero-order valence-corrected chi connectivity index (χ0v) is 11.7. The minimum atomic E-state index is 0. The SMILES string of the molecule is Oc1ccccc1Cl.[Na+].[O-]c1ccccc1. The third-order valence-electron chi connectivity index (χ3n) is 1.60. The van der Waals surface area contributed by atoms with Gasteiger partial charge in [0, 0.05) is 0 Å². The van der Waals surface area contributed by atoms with E-state index in [-0.39, 0.29) is 41.1 Å². The quantitative estimate of drug-likeness (QED) is 0.653. The number of halogens is 1. The average molecular weight is 245 g/mol. The molecule has 0 heterocycles. The zero-order valence-electron chi connectivity index (χ0n) is 8.93. The van der Waals surface area contributed by atoms with Crippen molar-refractivity contribution in [2.24, 2.45) is 0 Å². The molecule has 0 saturated carbocycles. The van der Waals surface area contributed by atoms with Crippen LogP contribution >= 0.6 is 11.6 Å². The fraction of sp³-hybridized carbons (Fsp3) is 0. The molecule has 2 rings (SSSR count). The summed E-state index contributed by atoms with van der Waals surface area (Å²) in [5, 5.41) is 19.5. The Labute approximate surface area is 122 Å². The van der Waals surface area contributed by atoms with Crippen LogP contribution in [0.3, 0.4) is 0 Å². The van der Waals surface area contributed by atoms with Gasteiger partial charge in [-0.3, -0.25) is 0 Å². The van der Waals surface area contributed by atoms with Gasteiger partial charge in [-0.25, -0.2) is 0 Å². The maximum absolute atomic E-state index is 10.3. The number of para-hydroxylation sites is 2. The van der Waals surface area contributed by atoms with Gasteiger partial charge in [-0.15, -0.1) is 5.75 Å². The number of hydrogen-bond acceptors (Lipinski definition) is 2. The van der Waals surface area contributed by atoms with Gasteiger partial charge in [-0.1, -0.05) is 54.1 Å². The molecule has 0 spiro atoms. The molecule has 0 unspecified atom stereocenters. The van der Waals surface area contributed by atoms with E-state index in [1.807, 2.05) is 6.07 Å². The number of phenolic OH excluding ortho intramolecular Hbond substituents is 1. The summed E-state index contributed by atoms with van der Waals surface area (Å²) in [6.07, 6.45) is 0. The van der Waals surface area contributed by atoms with Crippen LogP contribution in [0.25, 0.3) is 0 Å². The molecule has 2 aromatic carbocycles. The predicted molar refractivity (Wildman–Crippen MR) is 59.0 cm³/mol.